The highest BCUT2D eigenvalue weighted by Crippen LogP contribution is 2.26. The first-order valence-electron chi connectivity index (χ1n) is 7.15. The van der Waals surface area contributed by atoms with E-state index in [9.17, 15) is 9.59 Å². The van der Waals surface area contributed by atoms with E-state index in [4.69, 9.17) is 0 Å². The Labute approximate surface area is 110 Å². The zero-order valence-corrected chi connectivity index (χ0v) is 11.6. The van der Waals surface area contributed by atoms with Crippen molar-refractivity contribution in [3.05, 3.63) is 0 Å². The van der Waals surface area contributed by atoms with Crippen molar-refractivity contribution in [2.45, 2.75) is 52.4 Å². The lowest BCUT2D eigenvalue weighted by Gasteiger charge is -2.10. The Morgan fingerprint density at radius 1 is 1.06 bits per heavy atom. The van der Waals surface area contributed by atoms with Gasteiger partial charge in [-0.1, -0.05) is 39.5 Å². The fourth-order valence-corrected chi connectivity index (χ4v) is 2.32. The molecule has 0 aromatic rings. The molecule has 18 heavy (non-hydrogen) atoms. The average molecular weight is 254 g/mol. The molecule has 2 amide bonds. The van der Waals surface area contributed by atoms with Gasteiger partial charge in [-0.3, -0.25) is 9.59 Å². The van der Waals surface area contributed by atoms with Crippen molar-refractivity contribution < 1.29 is 9.59 Å². The van der Waals surface area contributed by atoms with E-state index in [2.05, 4.69) is 24.5 Å². The molecule has 0 bridgehead atoms. The van der Waals surface area contributed by atoms with Gasteiger partial charge in [0.05, 0.1) is 0 Å². The lowest BCUT2D eigenvalue weighted by atomic mass is 10.0. The zero-order valence-electron chi connectivity index (χ0n) is 11.6. The molecule has 4 heteroatoms. The van der Waals surface area contributed by atoms with E-state index in [1.807, 2.05) is 0 Å². The first-order valence-corrected chi connectivity index (χ1v) is 7.15. The topological polar surface area (TPSA) is 58.2 Å². The molecule has 1 aliphatic carbocycles. The van der Waals surface area contributed by atoms with Crippen LogP contribution in [0.1, 0.15) is 52.4 Å². The van der Waals surface area contributed by atoms with Gasteiger partial charge in [0, 0.05) is 13.1 Å². The number of carbonyl (C=O) groups excluding carboxylic acids is 2. The van der Waals surface area contributed by atoms with Crippen LogP contribution in [0.15, 0.2) is 0 Å². The molecule has 1 rings (SSSR count). The van der Waals surface area contributed by atoms with Gasteiger partial charge in [-0.25, -0.2) is 0 Å². The Bertz CT molecular complexity index is 271. The maximum absolute atomic E-state index is 11.5. The molecule has 0 aliphatic heterocycles. The van der Waals surface area contributed by atoms with Crippen LogP contribution < -0.4 is 10.6 Å². The van der Waals surface area contributed by atoms with Crippen LogP contribution in [-0.2, 0) is 9.59 Å². The highest BCUT2D eigenvalue weighted by atomic mass is 16.2. The van der Waals surface area contributed by atoms with Crippen molar-refractivity contribution in [2.24, 2.45) is 11.8 Å². The fourth-order valence-electron chi connectivity index (χ4n) is 2.32. The average Bonchev–Trinajstić information content (AvgIpc) is 2.81. The number of carbonyl (C=O) groups is 2. The summed E-state index contributed by atoms with van der Waals surface area (Å²) in [6, 6.07) is 0. The summed E-state index contributed by atoms with van der Waals surface area (Å²) in [7, 11) is 0. The fraction of sp³-hybridized carbons (Fsp3) is 0.857. The monoisotopic (exact) mass is 254 g/mol. The molecule has 4 nitrogen and oxygen atoms in total. The normalized spacial score (nSPS) is 15.9. The van der Waals surface area contributed by atoms with E-state index in [0.717, 1.165) is 18.8 Å². The van der Waals surface area contributed by atoms with E-state index < -0.39 is 11.8 Å². The van der Waals surface area contributed by atoms with Gasteiger partial charge in [0.25, 0.3) is 0 Å². The predicted octanol–water partition coefficient (Wildman–Crippen LogP) is 1.85. The second kappa shape index (κ2) is 8.11. The van der Waals surface area contributed by atoms with Crippen LogP contribution >= 0.6 is 0 Å². The molecule has 0 radical (unpaired) electrons. The molecule has 0 heterocycles. The summed E-state index contributed by atoms with van der Waals surface area (Å²) >= 11 is 0. The predicted molar refractivity (Wildman–Crippen MR) is 72.0 cm³/mol. The highest BCUT2D eigenvalue weighted by molar-refractivity contribution is 6.35. The first kappa shape index (κ1) is 15.0. The summed E-state index contributed by atoms with van der Waals surface area (Å²) < 4.78 is 0. The van der Waals surface area contributed by atoms with Crippen LogP contribution in [0.25, 0.3) is 0 Å². The van der Waals surface area contributed by atoms with Gasteiger partial charge in [0.15, 0.2) is 0 Å². The van der Waals surface area contributed by atoms with Gasteiger partial charge in [0.2, 0.25) is 0 Å². The summed E-state index contributed by atoms with van der Waals surface area (Å²) in [6.45, 7) is 5.38. The van der Waals surface area contributed by atoms with E-state index in [1.165, 1.54) is 25.7 Å². The van der Waals surface area contributed by atoms with Gasteiger partial charge in [-0.05, 0) is 24.7 Å². The molecule has 0 unspecified atom stereocenters. The van der Waals surface area contributed by atoms with Crippen LogP contribution in [0, 0.1) is 11.8 Å². The molecule has 0 aromatic carbocycles. The highest BCUT2D eigenvalue weighted by Gasteiger charge is 2.16. The summed E-state index contributed by atoms with van der Waals surface area (Å²) in [5, 5.41) is 5.34. The first-order chi connectivity index (χ1) is 8.59. The Morgan fingerprint density at radius 2 is 1.61 bits per heavy atom. The molecule has 1 fully saturated rings. The Hall–Kier alpha value is -1.06. The van der Waals surface area contributed by atoms with Gasteiger partial charge < -0.3 is 10.6 Å². The maximum Gasteiger partial charge on any atom is 0.309 e. The summed E-state index contributed by atoms with van der Waals surface area (Å²) in [4.78, 5) is 22.9. The van der Waals surface area contributed by atoms with Crippen molar-refractivity contribution in [1.82, 2.24) is 10.6 Å². The van der Waals surface area contributed by atoms with Gasteiger partial charge in [-0.2, -0.15) is 0 Å². The second-order valence-electron chi connectivity index (χ2n) is 5.63. The van der Waals surface area contributed by atoms with Crippen LogP contribution in [0.2, 0.25) is 0 Å². The molecule has 2 N–H and O–H groups in total. The third-order valence-corrected chi connectivity index (χ3v) is 3.53. The van der Waals surface area contributed by atoms with Gasteiger partial charge in [-0.15, -0.1) is 0 Å². The number of hydrogen-bond acceptors (Lipinski definition) is 2. The molecule has 1 saturated carbocycles. The van der Waals surface area contributed by atoms with E-state index in [1.54, 1.807) is 0 Å². The SMILES string of the molecule is CC(C)CCNC(=O)C(=O)NCCC1CCCC1. The van der Waals surface area contributed by atoms with Crippen molar-refractivity contribution in [1.29, 1.82) is 0 Å². The molecule has 0 atom stereocenters. The van der Waals surface area contributed by atoms with Crippen LogP contribution in [-0.4, -0.2) is 24.9 Å². The minimum absolute atomic E-state index is 0.489. The zero-order chi connectivity index (χ0) is 13.4. The Kier molecular flexibility index (Phi) is 6.76. The molecule has 0 saturated heterocycles. The molecule has 0 spiro atoms. The molecule has 1 aliphatic rings. The van der Waals surface area contributed by atoms with Gasteiger partial charge in [0.1, 0.15) is 0 Å². The van der Waals surface area contributed by atoms with Crippen LogP contribution in [0.4, 0.5) is 0 Å². The Balaban J connectivity index is 2.05. The lowest BCUT2D eigenvalue weighted by Crippen LogP contribution is -2.41. The molecular weight excluding hydrogens is 228 g/mol. The van der Waals surface area contributed by atoms with Crippen molar-refractivity contribution in [2.75, 3.05) is 13.1 Å². The number of amides is 2. The third-order valence-electron chi connectivity index (χ3n) is 3.53. The maximum atomic E-state index is 11.5. The largest absolute Gasteiger partial charge is 0.348 e. The lowest BCUT2D eigenvalue weighted by molar-refractivity contribution is -0.139. The molecular formula is C14H26N2O2. The summed E-state index contributed by atoms with van der Waals surface area (Å²) in [5.41, 5.74) is 0. The van der Waals surface area contributed by atoms with E-state index in [-0.39, 0.29) is 0 Å². The van der Waals surface area contributed by atoms with Crippen molar-refractivity contribution in [3.8, 4) is 0 Å². The van der Waals surface area contributed by atoms with Crippen molar-refractivity contribution >= 4 is 11.8 Å². The quantitative estimate of drug-likeness (QED) is 0.711. The number of hydrogen-bond donors (Lipinski definition) is 2. The smallest absolute Gasteiger partial charge is 0.309 e. The van der Waals surface area contributed by atoms with Gasteiger partial charge >= 0.3 is 11.8 Å². The second-order valence-corrected chi connectivity index (χ2v) is 5.63. The number of rotatable bonds is 6. The Morgan fingerprint density at radius 3 is 2.17 bits per heavy atom. The summed E-state index contributed by atoms with van der Waals surface area (Å²) in [5.74, 6) is 0.295. The minimum Gasteiger partial charge on any atom is -0.348 e. The number of nitrogens with one attached hydrogen (secondary N) is 2. The summed E-state index contributed by atoms with van der Waals surface area (Å²) in [6.07, 6.45) is 7.08. The minimum atomic E-state index is -0.498. The van der Waals surface area contributed by atoms with Crippen molar-refractivity contribution in [3.63, 3.8) is 0 Å². The van der Waals surface area contributed by atoms with Crippen LogP contribution in [0.5, 0.6) is 0 Å². The van der Waals surface area contributed by atoms with Crippen LogP contribution in [0.3, 0.4) is 0 Å². The third kappa shape index (κ3) is 6.03. The van der Waals surface area contributed by atoms with E-state index >= 15 is 0 Å². The molecule has 104 valence electrons. The molecule has 0 aromatic heterocycles. The standard InChI is InChI=1S/C14H26N2O2/c1-11(2)7-9-15-13(17)14(18)16-10-8-12-5-3-4-6-12/h11-12H,3-10H2,1-2H3,(H,15,17)(H,16,18). The van der Waals surface area contributed by atoms with E-state index in [0.29, 0.717) is 19.0 Å².